The van der Waals surface area contributed by atoms with Crippen molar-refractivity contribution in [2.75, 3.05) is 0 Å². The Morgan fingerprint density at radius 2 is 1.03 bits per heavy atom. The van der Waals surface area contributed by atoms with Gasteiger partial charge in [0.05, 0.1) is 20.3 Å². The number of sulfonamides is 2. The fourth-order valence-electron chi connectivity index (χ4n) is 8.23. The molecule has 3 aromatic heterocycles. The van der Waals surface area contributed by atoms with Gasteiger partial charge >= 0.3 is 6.18 Å². The highest BCUT2D eigenvalue weighted by Gasteiger charge is 2.40. The van der Waals surface area contributed by atoms with E-state index in [0.29, 0.717) is 24.0 Å². The number of alkyl halides is 3. The number of hydrogen-bond donors (Lipinski definition) is 6. The molecule has 0 bridgehead atoms. The number of halogens is 3. The molecule has 0 fully saturated rings. The summed E-state index contributed by atoms with van der Waals surface area (Å²) in [6.45, 7) is 7.21. The Bertz CT molecular complexity index is 3210. The van der Waals surface area contributed by atoms with Crippen LogP contribution in [0.1, 0.15) is 71.6 Å². The van der Waals surface area contributed by atoms with Gasteiger partial charge < -0.3 is 20.7 Å². The maximum absolute atomic E-state index is 13.6. The molecule has 3 unspecified atom stereocenters. The van der Waals surface area contributed by atoms with Crippen LogP contribution in [-0.2, 0) is 45.5 Å². The van der Waals surface area contributed by atoms with Crippen LogP contribution in [0, 0.1) is 17.0 Å². The summed E-state index contributed by atoms with van der Waals surface area (Å²) >= 11 is 0. The van der Waals surface area contributed by atoms with E-state index in [-0.39, 0.29) is 28.1 Å². The summed E-state index contributed by atoms with van der Waals surface area (Å²) in [5.41, 5.74) is 11.6. The molecule has 0 aliphatic rings. The number of nitrogens with two attached hydrogens (primary N) is 3. The van der Waals surface area contributed by atoms with E-state index in [1.165, 1.54) is 34.7 Å². The van der Waals surface area contributed by atoms with Crippen LogP contribution < -0.4 is 16.0 Å². The third-order valence-corrected chi connectivity index (χ3v) is 13.2. The van der Waals surface area contributed by atoms with Crippen LogP contribution in [0.25, 0.3) is 32.7 Å². The number of non-ortho nitro benzene ring substituents is 1. The number of rotatable bonds is 11. The second-order valence-electron chi connectivity index (χ2n) is 16.2. The number of benzene rings is 5. The number of aromatic amines is 3. The maximum atomic E-state index is 13.6. The van der Waals surface area contributed by atoms with Gasteiger partial charge in [-0.15, -0.1) is 0 Å². The molecule has 0 saturated heterocycles. The molecule has 0 aliphatic heterocycles. The lowest BCUT2D eigenvalue weighted by atomic mass is 9.90. The first-order valence-electron chi connectivity index (χ1n) is 20.5. The van der Waals surface area contributed by atoms with Gasteiger partial charge in [-0.05, 0) is 103 Å². The van der Waals surface area contributed by atoms with Gasteiger partial charge in [-0.3, -0.25) is 10.1 Å². The van der Waals surface area contributed by atoms with E-state index in [1.807, 2.05) is 80.8 Å². The molecular formula is C47H50F3N7O6S2. The number of primary sulfonamides is 2. The molecule has 0 radical (unpaired) electrons. The second kappa shape index (κ2) is 19.4. The highest BCUT2D eigenvalue weighted by Crippen LogP contribution is 2.40. The van der Waals surface area contributed by atoms with E-state index in [4.69, 9.17) is 16.0 Å². The highest BCUT2D eigenvalue weighted by molar-refractivity contribution is 7.89. The highest BCUT2D eigenvalue weighted by atomic mass is 32.2. The lowest BCUT2D eigenvalue weighted by Crippen LogP contribution is -2.21. The van der Waals surface area contributed by atoms with Crippen LogP contribution in [-0.4, -0.2) is 42.8 Å². The zero-order chi connectivity index (χ0) is 47.4. The number of nitrogens with zero attached hydrogens (tertiary/aromatic N) is 1. The second-order valence-corrected chi connectivity index (χ2v) is 19.3. The van der Waals surface area contributed by atoms with Gasteiger partial charge in [-0.25, -0.2) is 27.1 Å². The molecule has 0 amide bonds. The predicted molar refractivity (Wildman–Crippen MR) is 249 cm³/mol. The summed E-state index contributed by atoms with van der Waals surface area (Å²) in [5.74, 6) is -0.692. The van der Waals surface area contributed by atoms with Gasteiger partial charge in [0.25, 0.3) is 5.69 Å². The molecule has 65 heavy (non-hydrogen) atoms. The Balaban J connectivity index is 0.000000171. The molecule has 0 spiro atoms. The van der Waals surface area contributed by atoms with Crippen molar-refractivity contribution in [3.63, 3.8) is 0 Å². The van der Waals surface area contributed by atoms with E-state index >= 15 is 0 Å². The Morgan fingerprint density at radius 3 is 1.43 bits per heavy atom. The predicted octanol–water partition coefficient (Wildman–Crippen LogP) is 9.62. The summed E-state index contributed by atoms with van der Waals surface area (Å²) in [6.07, 6.45) is 2.76. The van der Waals surface area contributed by atoms with Crippen molar-refractivity contribution in [2.24, 2.45) is 16.0 Å². The first-order chi connectivity index (χ1) is 30.5. The zero-order valence-corrected chi connectivity index (χ0v) is 37.6. The van der Waals surface area contributed by atoms with Gasteiger partial charge in [-0.2, -0.15) is 13.2 Å². The molecule has 8 rings (SSSR count). The number of aromatic nitrogens is 3. The van der Waals surface area contributed by atoms with Crippen molar-refractivity contribution in [3.05, 3.63) is 171 Å². The number of nitrogens with one attached hydrogen (secondary N) is 3. The standard InChI is InChI=1S/C18H17F3N2O2S.C18H19N3O4S.C11H14N2/c1-11(9-12-10-23-15-7-3-2-5-14(12)15)13-6-4-8-16(26(22,24)25)17(13)18(19,20)21;1-11(7-13-10-20-17-6-4-3-5-15(13)17)16-8-14(21(22)23)9-18(12(16)2)26(19,24)25;1-8(12)6-9-7-13-11-5-3-2-4-10(9)11/h2-8,10-11,23H,9H2,1H3,(H2,22,24,25);3-6,8-11,20H,7H2,1-2H3,(H2,19,24,25);2-5,7-8,13H,6,12H2,1H3. The van der Waals surface area contributed by atoms with Crippen LogP contribution in [0.4, 0.5) is 18.9 Å². The monoisotopic (exact) mass is 929 g/mol. The molecular weight excluding hydrogens is 880 g/mol. The van der Waals surface area contributed by atoms with Crippen LogP contribution in [0.5, 0.6) is 0 Å². The summed E-state index contributed by atoms with van der Waals surface area (Å²) < 4.78 is 87.8. The van der Waals surface area contributed by atoms with E-state index in [9.17, 15) is 40.1 Å². The minimum Gasteiger partial charge on any atom is -0.361 e. The fraction of sp³-hybridized carbons (Fsp3) is 0.234. The smallest absolute Gasteiger partial charge is 0.361 e. The Labute approximate surface area is 374 Å². The summed E-state index contributed by atoms with van der Waals surface area (Å²) in [5, 5.41) is 24.8. The first-order valence-corrected chi connectivity index (χ1v) is 23.6. The molecule has 8 aromatic rings. The van der Waals surface area contributed by atoms with Crippen LogP contribution in [0.15, 0.2) is 132 Å². The van der Waals surface area contributed by atoms with Gasteiger partial charge in [0, 0.05) is 69.5 Å². The molecule has 5 aromatic carbocycles. The number of nitro groups is 1. The van der Waals surface area contributed by atoms with Gasteiger partial charge in [0.15, 0.2) is 0 Å². The summed E-state index contributed by atoms with van der Waals surface area (Å²) in [7, 11) is -8.55. The summed E-state index contributed by atoms with van der Waals surface area (Å²) in [4.78, 5) is 19.1. The van der Waals surface area contributed by atoms with Gasteiger partial charge in [-0.1, -0.05) is 80.6 Å². The topological polar surface area (TPSA) is 237 Å². The van der Waals surface area contributed by atoms with Crippen molar-refractivity contribution in [3.8, 4) is 0 Å². The first kappa shape index (κ1) is 48.2. The van der Waals surface area contributed by atoms with E-state index in [0.717, 1.165) is 51.5 Å². The minimum atomic E-state index is -4.83. The SMILES string of the molecule is CC(Cc1c[nH]c2ccccc12)c1cccc(S(N)(=O)=O)c1C(F)(F)F.CC(N)Cc1c[nH]c2ccccc12.Cc1c(C(C)Cc2c[nH]c3ccccc23)cc([N+](=O)[O-])cc1S(N)(=O)=O. The molecule has 13 nitrogen and oxygen atoms in total. The quantitative estimate of drug-likeness (QED) is 0.0542. The number of fused-ring (bicyclic) bond motifs is 3. The summed E-state index contributed by atoms with van der Waals surface area (Å²) in [6, 6.07) is 29.8. The normalized spacial score (nSPS) is 13.4. The molecule has 3 heterocycles. The zero-order valence-electron chi connectivity index (χ0n) is 36.0. The van der Waals surface area contributed by atoms with Crippen molar-refractivity contribution in [1.82, 2.24) is 15.0 Å². The minimum absolute atomic E-state index is 0.0886. The number of para-hydroxylation sites is 3. The average molecular weight is 930 g/mol. The Hall–Kier alpha value is -6.31. The van der Waals surface area contributed by atoms with Gasteiger partial charge in [0.1, 0.15) is 0 Å². The molecule has 18 heteroatoms. The third-order valence-electron chi connectivity index (χ3n) is 11.2. The maximum Gasteiger partial charge on any atom is 0.417 e. The van der Waals surface area contributed by atoms with Crippen LogP contribution in [0.2, 0.25) is 0 Å². The van der Waals surface area contributed by atoms with E-state index in [2.05, 4.69) is 33.2 Å². The Kier molecular flexibility index (Phi) is 14.4. The third kappa shape index (κ3) is 11.3. The van der Waals surface area contributed by atoms with Crippen molar-refractivity contribution < 1.29 is 34.9 Å². The Morgan fingerprint density at radius 1 is 0.615 bits per heavy atom. The van der Waals surface area contributed by atoms with E-state index < -0.39 is 47.5 Å². The molecule has 9 N–H and O–H groups in total. The van der Waals surface area contributed by atoms with Crippen LogP contribution >= 0.6 is 0 Å². The number of nitro benzene ring substituents is 1. The number of H-pyrrole nitrogens is 3. The lowest BCUT2D eigenvalue weighted by Gasteiger charge is -2.20. The number of hydrogen-bond acceptors (Lipinski definition) is 7. The van der Waals surface area contributed by atoms with Gasteiger partial charge in [0.2, 0.25) is 20.0 Å². The lowest BCUT2D eigenvalue weighted by molar-refractivity contribution is -0.385. The van der Waals surface area contributed by atoms with E-state index in [1.54, 1.807) is 20.0 Å². The largest absolute Gasteiger partial charge is 0.417 e. The van der Waals surface area contributed by atoms with Crippen molar-refractivity contribution in [1.29, 1.82) is 0 Å². The molecule has 0 saturated carbocycles. The fourth-order valence-corrected chi connectivity index (χ4v) is 9.85. The average Bonchev–Trinajstić information content (AvgIpc) is 3.97. The van der Waals surface area contributed by atoms with Crippen molar-refractivity contribution in [2.45, 2.75) is 80.8 Å². The molecule has 0 aliphatic carbocycles. The molecule has 3 atom stereocenters. The van der Waals surface area contributed by atoms with Crippen LogP contribution in [0.3, 0.4) is 0 Å². The van der Waals surface area contributed by atoms with Crippen molar-refractivity contribution >= 4 is 58.4 Å². The molecule has 342 valence electrons.